The second-order valence-corrected chi connectivity index (χ2v) is 9.94. The summed E-state index contributed by atoms with van der Waals surface area (Å²) in [6, 6.07) is 11.8. The van der Waals surface area contributed by atoms with Crippen molar-refractivity contribution < 1.29 is 9.90 Å². The zero-order chi connectivity index (χ0) is 20.4. The van der Waals surface area contributed by atoms with Crippen molar-refractivity contribution in [2.24, 2.45) is 4.99 Å². The van der Waals surface area contributed by atoms with E-state index in [4.69, 9.17) is 4.99 Å². The quantitative estimate of drug-likeness (QED) is 0.323. The Bertz CT molecular complexity index is 948. The first kappa shape index (κ1) is 21.6. The van der Waals surface area contributed by atoms with Gasteiger partial charge in [-0.15, -0.1) is 0 Å². The van der Waals surface area contributed by atoms with E-state index in [1.54, 1.807) is 4.90 Å². The van der Waals surface area contributed by atoms with E-state index >= 15 is 0 Å². The first-order valence-electron chi connectivity index (χ1n) is 8.86. The van der Waals surface area contributed by atoms with Gasteiger partial charge in [0.2, 0.25) is 0 Å². The molecule has 0 unspecified atom stereocenters. The number of phenolic OH excluding ortho intramolecular Hbond substituents is 1. The van der Waals surface area contributed by atoms with Crippen LogP contribution in [0, 0.1) is 14.1 Å². The fourth-order valence-electron chi connectivity index (χ4n) is 2.69. The number of thioether (sulfide) groups is 1. The van der Waals surface area contributed by atoms with E-state index < -0.39 is 0 Å². The Kier molecular flexibility index (Phi) is 7.08. The number of rotatable bonds is 4. The topological polar surface area (TPSA) is 52.9 Å². The number of benzene rings is 2. The molecule has 0 saturated carbocycles. The molecule has 0 radical (unpaired) electrons. The van der Waals surface area contributed by atoms with Gasteiger partial charge in [-0.1, -0.05) is 24.6 Å². The fourth-order valence-corrected chi connectivity index (χ4v) is 5.59. The zero-order valence-electron chi connectivity index (χ0n) is 15.7. The van der Waals surface area contributed by atoms with Crippen LogP contribution in [0.1, 0.15) is 31.4 Å². The number of aryl methyl sites for hydroxylation is 1. The van der Waals surface area contributed by atoms with E-state index in [1.165, 1.54) is 17.3 Å². The van der Waals surface area contributed by atoms with E-state index in [0.717, 1.165) is 24.8 Å². The largest absolute Gasteiger partial charge is 0.506 e. The molecule has 0 bridgehead atoms. The minimum Gasteiger partial charge on any atom is -0.506 e. The molecule has 1 fully saturated rings. The highest BCUT2D eigenvalue weighted by molar-refractivity contribution is 14.1. The zero-order valence-corrected chi connectivity index (χ0v) is 20.9. The lowest BCUT2D eigenvalue weighted by Gasteiger charge is -2.22. The third kappa shape index (κ3) is 4.73. The summed E-state index contributed by atoms with van der Waals surface area (Å²) in [5.74, 6) is 0.250. The van der Waals surface area contributed by atoms with Gasteiger partial charge in [-0.2, -0.15) is 0 Å². The van der Waals surface area contributed by atoms with E-state index in [0.29, 0.717) is 10.1 Å². The number of halogens is 2. The summed E-state index contributed by atoms with van der Waals surface area (Å²) in [7, 11) is 0. The second kappa shape index (κ2) is 9.17. The van der Waals surface area contributed by atoms with Gasteiger partial charge in [0.15, 0.2) is 5.17 Å². The molecule has 1 aliphatic rings. The normalized spacial score (nSPS) is 18.3. The lowest BCUT2D eigenvalue weighted by Crippen LogP contribution is -2.36. The number of nitrogens with zero attached hydrogens (tertiary/aromatic N) is 2. The van der Waals surface area contributed by atoms with E-state index in [2.05, 4.69) is 52.1 Å². The third-order valence-corrected chi connectivity index (χ3v) is 7.09. The van der Waals surface area contributed by atoms with Gasteiger partial charge >= 0.3 is 0 Å². The maximum Gasteiger partial charge on any atom is 0.266 e. The molecule has 2 aromatic rings. The minimum atomic E-state index is -0.0247. The van der Waals surface area contributed by atoms with Crippen molar-refractivity contribution in [1.82, 2.24) is 4.90 Å². The number of aliphatic imine (C=N–C) groups is 1. The molecule has 1 amide bonds. The molecule has 7 heteroatoms. The first-order chi connectivity index (χ1) is 13.3. The van der Waals surface area contributed by atoms with Gasteiger partial charge in [0.25, 0.3) is 5.91 Å². The first-order valence-corrected chi connectivity index (χ1v) is 11.8. The van der Waals surface area contributed by atoms with Crippen LogP contribution in [0.15, 0.2) is 46.3 Å². The van der Waals surface area contributed by atoms with Gasteiger partial charge in [0.1, 0.15) is 5.75 Å². The van der Waals surface area contributed by atoms with Gasteiger partial charge < -0.3 is 5.11 Å². The number of hydrogen-bond acceptors (Lipinski definition) is 4. The SMILES string of the molecule is CC[C@H](C)N1C(=O)/C(=C\c2cc(I)c(O)c(I)c2)SC1=Nc1ccc(C)cc1. The molecule has 1 saturated heterocycles. The molecule has 0 aromatic heterocycles. The molecule has 1 N–H and O–H groups in total. The summed E-state index contributed by atoms with van der Waals surface area (Å²) in [5, 5.41) is 10.7. The Morgan fingerprint density at radius 1 is 1.21 bits per heavy atom. The Morgan fingerprint density at radius 3 is 2.39 bits per heavy atom. The average molecular weight is 618 g/mol. The van der Waals surface area contributed by atoms with Crippen LogP contribution in [-0.2, 0) is 4.79 Å². The summed E-state index contributed by atoms with van der Waals surface area (Å²) < 4.78 is 1.53. The number of carbonyl (C=O) groups excluding carboxylic acids is 1. The van der Waals surface area contributed by atoms with Crippen molar-refractivity contribution in [1.29, 1.82) is 0 Å². The predicted octanol–water partition coefficient (Wildman–Crippen LogP) is 6.31. The number of amides is 1. The van der Waals surface area contributed by atoms with Crippen molar-refractivity contribution in [3.63, 3.8) is 0 Å². The van der Waals surface area contributed by atoms with Crippen LogP contribution in [0.5, 0.6) is 5.75 Å². The molecule has 0 spiro atoms. The molecular weight excluding hydrogens is 598 g/mol. The summed E-state index contributed by atoms with van der Waals surface area (Å²) in [6.45, 7) is 6.15. The predicted molar refractivity (Wildman–Crippen MR) is 134 cm³/mol. The molecule has 28 heavy (non-hydrogen) atoms. The Hall–Kier alpha value is -1.07. The van der Waals surface area contributed by atoms with Crippen LogP contribution in [0.3, 0.4) is 0 Å². The maximum atomic E-state index is 13.1. The molecule has 3 rings (SSSR count). The smallest absolute Gasteiger partial charge is 0.266 e. The van der Waals surface area contributed by atoms with Gasteiger partial charge in [-0.25, -0.2) is 4.99 Å². The lowest BCUT2D eigenvalue weighted by atomic mass is 10.2. The number of carbonyl (C=O) groups is 1. The number of phenols is 1. The molecule has 0 aliphatic carbocycles. The molecule has 1 atom stereocenters. The Balaban J connectivity index is 2.00. The van der Waals surface area contributed by atoms with Gasteiger partial charge in [-0.3, -0.25) is 9.69 Å². The monoisotopic (exact) mass is 618 g/mol. The molecule has 146 valence electrons. The van der Waals surface area contributed by atoms with Gasteiger partial charge in [-0.05, 0) is 113 Å². The Morgan fingerprint density at radius 2 is 1.82 bits per heavy atom. The highest BCUT2D eigenvalue weighted by Crippen LogP contribution is 2.37. The summed E-state index contributed by atoms with van der Waals surface area (Å²) in [5.41, 5.74) is 2.90. The molecule has 1 aliphatic heterocycles. The summed E-state index contributed by atoms with van der Waals surface area (Å²) >= 11 is 5.60. The van der Waals surface area contributed by atoms with Crippen molar-refractivity contribution in [3.8, 4) is 5.75 Å². The van der Waals surface area contributed by atoms with Crippen molar-refractivity contribution >= 4 is 79.8 Å². The van der Waals surface area contributed by atoms with Crippen LogP contribution >= 0.6 is 56.9 Å². The average Bonchev–Trinajstić information content (AvgIpc) is 2.96. The van der Waals surface area contributed by atoms with Crippen LogP contribution in [-0.4, -0.2) is 27.1 Å². The van der Waals surface area contributed by atoms with E-state index in [1.807, 2.05) is 56.3 Å². The molecule has 1 heterocycles. The summed E-state index contributed by atoms with van der Waals surface area (Å²) in [4.78, 5) is 20.3. The maximum absolute atomic E-state index is 13.1. The van der Waals surface area contributed by atoms with Crippen LogP contribution in [0.25, 0.3) is 6.08 Å². The Labute approximate surface area is 196 Å². The van der Waals surface area contributed by atoms with Crippen molar-refractivity contribution in [2.75, 3.05) is 0 Å². The van der Waals surface area contributed by atoms with Crippen molar-refractivity contribution in [3.05, 3.63) is 59.6 Å². The second-order valence-electron chi connectivity index (χ2n) is 6.61. The number of hydrogen-bond donors (Lipinski definition) is 1. The highest BCUT2D eigenvalue weighted by Gasteiger charge is 2.36. The van der Waals surface area contributed by atoms with E-state index in [-0.39, 0.29) is 17.7 Å². The number of aromatic hydroxyl groups is 1. The van der Waals surface area contributed by atoms with Crippen LogP contribution in [0.2, 0.25) is 0 Å². The highest BCUT2D eigenvalue weighted by atomic mass is 127. The lowest BCUT2D eigenvalue weighted by molar-refractivity contribution is -0.123. The van der Waals surface area contributed by atoms with Crippen LogP contribution in [0.4, 0.5) is 5.69 Å². The fraction of sp³-hybridized carbons (Fsp3) is 0.238. The molecular formula is C21H20I2N2O2S. The number of amidine groups is 1. The van der Waals surface area contributed by atoms with Gasteiger partial charge in [0, 0.05) is 6.04 Å². The molecule has 4 nitrogen and oxygen atoms in total. The van der Waals surface area contributed by atoms with Gasteiger partial charge in [0.05, 0.1) is 17.7 Å². The summed E-state index contributed by atoms with van der Waals surface area (Å²) in [6.07, 6.45) is 2.73. The minimum absolute atomic E-state index is 0.0247. The molecule has 2 aromatic carbocycles. The van der Waals surface area contributed by atoms with Crippen LogP contribution < -0.4 is 0 Å². The van der Waals surface area contributed by atoms with E-state index in [9.17, 15) is 9.90 Å². The standard InChI is InChI=1S/C21H20I2N2O2S/c1-4-13(3)25-20(27)18(11-14-9-16(22)19(26)17(23)10-14)28-21(25)24-15-7-5-12(2)6-8-15/h5-11,13,26H,4H2,1-3H3/b18-11+,24-21?/t13-/m0/s1. The third-order valence-electron chi connectivity index (χ3n) is 4.46. The van der Waals surface area contributed by atoms with Crippen molar-refractivity contribution in [2.45, 2.75) is 33.2 Å².